The maximum atomic E-state index is 11.8. The minimum Gasteiger partial charge on any atom is -0.383 e. The van der Waals surface area contributed by atoms with E-state index in [0.717, 1.165) is 18.8 Å². The lowest BCUT2D eigenvalue weighted by Crippen LogP contribution is -2.40. The summed E-state index contributed by atoms with van der Waals surface area (Å²) < 4.78 is 4.99. The van der Waals surface area contributed by atoms with E-state index < -0.39 is 0 Å². The normalized spacial score (nSPS) is 28.5. The zero-order valence-electron chi connectivity index (χ0n) is 10.1. The quantitative estimate of drug-likeness (QED) is 0.775. The maximum Gasteiger partial charge on any atom is 0.223 e. The fourth-order valence-electron chi connectivity index (χ4n) is 2.17. The van der Waals surface area contributed by atoms with Crippen LogP contribution in [-0.2, 0) is 9.53 Å². The molecular weight excluding hydrogens is 190 g/mol. The smallest absolute Gasteiger partial charge is 0.223 e. The molecule has 1 aliphatic carbocycles. The van der Waals surface area contributed by atoms with E-state index in [1.165, 1.54) is 12.8 Å². The molecule has 1 unspecified atom stereocenters. The summed E-state index contributed by atoms with van der Waals surface area (Å²) in [6.07, 6.45) is 4.48. The molecule has 88 valence electrons. The number of carbonyl (C=O) groups excluding carboxylic acids is 1. The van der Waals surface area contributed by atoms with Gasteiger partial charge in [0.1, 0.15) is 0 Å². The minimum atomic E-state index is 0.127. The van der Waals surface area contributed by atoms with Crippen LogP contribution in [0.5, 0.6) is 0 Å². The standard InChI is InChI=1S/C12H23NO2/c1-9-4-6-11(7-5-9)12(14)13-10(2)8-15-3/h9-11H,4-8H2,1-3H3,(H,13,14)/t9-,10?,11-. The fourth-order valence-corrected chi connectivity index (χ4v) is 2.17. The van der Waals surface area contributed by atoms with Gasteiger partial charge in [0.15, 0.2) is 0 Å². The van der Waals surface area contributed by atoms with E-state index in [-0.39, 0.29) is 17.9 Å². The van der Waals surface area contributed by atoms with Crippen molar-refractivity contribution >= 4 is 5.91 Å². The SMILES string of the molecule is COCC(C)NC(=O)[C@H]1CC[C@H](C)CC1. The lowest BCUT2D eigenvalue weighted by atomic mass is 9.82. The molecule has 0 radical (unpaired) electrons. The molecule has 0 spiro atoms. The Morgan fingerprint density at radius 3 is 2.53 bits per heavy atom. The molecule has 1 amide bonds. The molecule has 3 heteroatoms. The molecule has 1 atom stereocenters. The van der Waals surface area contributed by atoms with Gasteiger partial charge in [-0.2, -0.15) is 0 Å². The van der Waals surface area contributed by atoms with Gasteiger partial charge in [0.2, 0.25) is 5.91 Å². The van der Waals surface area contributed by atoms with Crippen LogP contribution < -0.4 is 5.32 Å². The highest BCUT2D eigenvalue weighted by Gasteiger charge is 2.24. The predicted octanol–water partition coefficient (Wildman–Crippen LogP) is 1.96. The highest BCUT2D eigenvalue weighted by molar-refractivity contribution is 5.78. The molecule has 1 N–H and O–H groups in total. The number of nitrogens with one attached hydrogen (secondary N) is 1. The zero-order chi connectivity index (χ0) is 11.3. The summed E-state index contributed by atoms with van der Waals surface area (Å²) in [5.41, 5.74) is 0. The van der Waals surface area contributed by atoms with Crippen molar-refractivity contribution in [2.45, 2.75) is 45.6 Å². The average Bonchev–Trinajstić information content (AvgIpc) is 2.18. The van der Waals surface area contributed by atoms with Gasteiger partial charge < -0.3 is 10.1 Å². The molecule has 1 aliphatic rings. The third kappa shape index (κ3) is 4.20. The summed E-state index contributed by atoms with van der Waals surface area (Å²) in [4.78, 5) is 11.8. The van der Waals surface area contributed by atoms with Crippen LogP contribution in [0.3, 0.4) is 0 Å². The largest absolute Gasteiger partial charge is 0.383 e. The van der Waals surface area contributed by atoms with Crippen LogP contribution in [0.15, 0.2) is 0 Å². The molecule has 0 aliphatic heterocycles. The third-order valence-electron chi connectivity index (χ3n) is 3.19. The van der Waals surface area contributed by atoms with Gasteiger partial charge in [0, 0.05) is 19.1 Å². The van der Waals surface area contributed by atoms with Gasteiger partial charge in [0.05, 0.1) is 6.61 Å². The highest BCUT2D eigenvalue weighted by Crippen LogP contribution is 2.28. The molecule has 0 bridgehead atoms. The molecule has 0 saturated heterocycles. The monoisotopic (exact) mass is 213 g/mol. The van der Waals surface area contributed by atoms with E-state index in [2.05, 4.69) is 12.2 Å². The van der Waals surface area contributed by atoms with Crippen LogP contribution in [0.4, 0.5) is 0 Å². The number of methoxy groups -OCH3 is 1. The van der Waals surface area contributed by atoms with Crippen molar-refractivity contribution in [1.82, 2.24) is 5.32 Å². The average molecular weight is 213 g/mol. The molecule has 0 aromatic carbocycles. The Morgan fingerprint density at radius 1 is 1.40 bits per heavy atom. The molecule has 1 fully saturated rings. The van der Waals surface area contributed by atoms with Crippen molar-refractivity contribution in [3.63, 3.8) is 0 Å². The van der Waals surface area contributed by atoms with E-state index in [9.17, 15) is 4.79 Å². The first-order chi connectivity index (χ1) is 7.13. The Morgan fingerprint density at radius 2 is 2.00 bits per heavy atom. The first kappa shape index (κ1) is 12.5. The lowest BCUT2D eigenvalue weighted by molar-refractivity contribution is -0.127. The molecular formula is C12H23NO2. The second-order valence-electron chi connectivity index (χ2n) is 4.82. The highest BCUT2D eigenvalue weighted by atomic mass is 16.5. The van der Waals surface area contributed by atoms with Crippen molar-refractivity contribution in [1.29, 1.82) is 0 Å². The van der Waals surface area contributed by atoms with Crippen LogP contribution in [-0.4, -0.2) is 25.7 Å². The summed E-state index contributed by atoms with van der Waals surface area (Å²) in [5, 5.41) is 3.00. The Labute approximate surface area is 92.6 Å². The topological polar surface area (TPSA) is 38.3 Å². The number of hydrogen-bond donors (Lipinski definition) is 1. The number of hydrogen-bond acceptors (Lipinski definition) is 2. The van der Waals surface area contributed by atoms with Gasteiger partial charge in [-0.15, -0.1) is 0 Å². The molecule has 0 aromatic rings. The van der Waals surface area contributed by atoms with Gasteiger partial charge in [0.25, 0.3) is 0 Å². The Kier molecular flexibility index (Phi) is 5.09. The lowest BCUT2D eigenvalue weighted by Gasteiger charge is -2.26. The fraction of sp³-hybridized carbons (Fsp3) is 0.917. The molecule has 1 rings (SSSR count). The van der Waals surface area contributed by atoms with Crippen LogP contribution in [0, 0.1) is 11.8 Å². The molecule has 3 nitrogen and oxygen atoms in total. The second-order valence-corrected chi connectivity index (χ2v) is 4.82. The van der Waals surface area contributed by atoms with Crippen molar-refractivity contribution in [3.05, 3.63) is 0 Å². The van der Waals surface area contributed by atoms with Gasteiger partial charge in [-0.25, -0.2) is 0 Å². The van der Waals surface area contributed by atoms with Gasteiger partial charge in [-0.3, -0.25) is 4.79 Å². The number of carbonyl (C=O) groups is 1. The van der Waals surface area contributed by atoms with Crippen molar-refractivity contribution < 1.29 is 9.53 Å². The molecule has 0 heterocycles. The first-order valence-corrected chi connectivity index (χ1v) is 5.92. The van der Waals surface area contributed by atoms with Crippen molar-refractivity contribution in [2.24, 2.45) is 11.8 Å². The third-order valence-corrected chi connectivity index (χ3v) is 3.19. The van der Waals surface area contributed by atoms with Crippen LogP contribution in [0.2, 0.25) is 0 Å². The van der Waals surface area contributed by atoms with E-state index in [4.69, 9.17) is 4.74 Å². The minimum absolute atomic E-state index is 0.127. The number of amides is 1. The Bertz CT molecular complexity index is 198. The Hall–Kier alpha value is -0.570. The molecule has 1 saturated carbocycles. The second kappa shape index (κ2) is 6.11. The summed E-state index contributed by atoms with van der Waals surface area (Å²) >= 11 is 0. The van der Waals surface area contributed by atoms with E-state index in [1.807, 2.05) is 6.92 Å². The van der Waals surface area contributed by atoms with E-state index >= 15 is 0 Å². The summed E-state index contributed by atoms with van der Waals surface area (Å²) in [6.45, 7) is 4.84. The Balaban J connectivity index is 2.27. The zero-order valence-corrected chi connectivity index (χ0v) is 10.1. The number of rotatable bonds is 4. The van der Waals surface area contributed by atoms with Crippen LogP contribution in [0.1, 0.15) is 39.5 Å². The summed E-state index contributed by atoms with van der Waals surface area (Å²) in [7, 11) is 1.66. The van der Waals surface area contributed by atoms with Gasteiger partial charge in [-0.1, -0.05) is 6.92 Å². The van der Waals surface area contributed by atoms with Crippen LogP contribution >= 0.6 is 0 Å². The molecule has 15 heavy (non-hydrogen) atoms. The first-order valence-electron chi connectivity index (χ1n) is 5.92. The maximum absolute atomic E-state index is 11.8. The predicted molar refractivity (Wildman–Crippen MR) is 60.6 cm³/mol. The summed E-state index contributed by atoms with van der Waals surface area (Å²) in [5.74, 6) is 1.25. The molecule has 0 aromatic heterocycles. The van der Waals surface area contributed by atoms with Crippen molar-refractivity contribution in [3.8, 4) is 0 Å². The van der Waals surface area contributed by atoms with Crippen molar-refractivity contribution in [2.75, 3.05) is 13.7 Å². The number of ether oxygens (including phenoxy) is 1. The van der Waals surface area contributed by atoms with Crippen LogP contribution in [0.25, 0.3) is 0 Å². The summed E-state index contributed by atoms with van der Waals surface area (Å²) in [6, 6.07) is 0.127. The van der Waals surface area contributed by atoms with E-state index in [0.29, 0.717) is 6.61 Å². The van der Waals surface area contributed by atoms with Gasteiger partial charge >= 0.3 is 0 Å². The van der Waals surface area contributed by atoms with E-state index in [1.54, 1.807) is 7.11 Å². The van der Waals surface area contributed by atoms with Gasteiger partial charge in [-0.05, 0) is 38.5 Å².